The van der Waals surface area contributed by atoms with Crippen LogP contribution in [-0.2, 0) is 11.8 Å². The molecular formula is C20H23F3N8O. The van der Waals surface area contributed by atoms with E-state index in [4.69, 9.17) is 4.74 Å². The molecule has 1 atom stereocenters. The Morgan fingerprint density at radius 2 is 1.75 bits per heavy atom. The highest BCUT2D eigenvalue weighted by Gasteiger charge is 2.48. The van der Waals surface area contributed by atoms with E-state index in [9.17, 15) is 13.2 Å². The number of aromatic nitrogens is 6. The van der Waals surface area contributed by atoms with E-state index in [0.717, 1.165) is 11.3 Å². The number of anilines is 2. The van der Waals surface area contributed by atoms with Crippen molar-refractivity contribution >= 4 is 22.9 Å². The molecule has 0 radical (unpaired) electrons. The lowest BCUT2D eigenvalue weighted by Crippen LogP contribution is -2.54. The summed E-state index contributed by atoms with van der Waals surface area (Å²) in [4.78, 5) is 22.0. The molecule has 32 heavy (non-hydrogen) atoms. The minimum absolute atomic E-state index is 0.148. The zero-order valence-electron chi connectivity index (χ0n) is 18.0. The van der Waals surface area contributed by atoms with Crippen LogP contribution in [0.1, 0.15) is 23.1 Å². The van der Waals surface area contributed by atoms with Gasteiger partial charge in [0.1, 0.15) is 6.10 Å². The second-order valence-corrected chi connectivity index (χ2v) is 8.31. The molecule has 2 fully saturated rings. The Balaban J connectivity index is 1.50. The van der Waals surface area contributed by atoms with E-state index in [-0.39, 0.29) is 19.2 Å². The molecule has 2 aliphatic heterocycles. The largest absolute Gasteiger partial charge is 0.395 e. The maximum Gasteiger partial charge on any atom is 0.395 e. The van der Waals surface area contributed by atoms with Crippen molar-refractivity contribution in [2.75, 3.05) is 42.6 Å². The third-order valence-corrected chi connectivity index (χ3v) is 6.00. The van der Waals surface area contributed by atoms with Crippen LogP contribution in [0.3, 0.4) is 0 Å². The number of morpholine rings is 1. The van der Waals surface area contributed by atoms with Crippen LogP contribution in [0.25, 0.3) is 11.2 Å². The lowest BCUT2D eigenvalue weighted by Gasteiger charge is -2.41. The molecule has 0 bridgehead atoms. The van der Waals surface area contributed by atoms with Crippen molar-refractivity contribution in [3.05, 3.63) is 29.3 Å². The first-order valence-corrected chi connectivity index (χ1v) is 10.4. The molecule has 5 rings (SSSR count). The summed E-state index contributed by atoms with van der Waals surface area (Å²) in [5, 5.41) is 4.20. The minimum atomic E-state index is -4.22. The third kappa shape index (κ3) is 3.72. The van der Waals surface area contributed by atoms with Crippen molar-refractivity contribution < 1.29 is 17.9 Å². The SMILES string of the molecule is Cc1nc2nc(N3CCOC(c4cnn(C)c4)C3)nc(N3CC(C(F)(F)F)C3)c2nc1C. The summed E-state index contributed by atoms with van der Waals surface area (Å²) >= 11 is 0. The van der Waals surface area contributed by atoms with Gasteiger partial charge in [-0.25, -0.2) is 9.97 Å². The average molecular weight is 448 g/mol. The standard InChI is InChI=1S/C20H23F3N8O/c1-11-12(2)26-17-16(25-11)18(31-8-14(9-31)20(21,22)23)28-19(27-17)30-4-5-32-15(10-30)13-6-24-29(3)7-13/h6-7,14-15H,4-5,8-10H2,1-3H3. The number of ether oxygens (including phenoxy) is 1. The van der Waals surface area contributed by atoms with Gasteiger partial charge in [0.05, 0.1) is 36.7 Å². The summed E-state index contributed by atoms with van der Waals surface area (Å²) in [6.07, 6.45) is -0.766. The van der Waals surface area contributed by atoms with E-state index in [1.807, 2.05) is 32.0 Å². The van der Waals surface area contributed by atoms with Crippen LogP contribution in [0.4, 0.5) is 24.9 Å². The highest BCUT2D eigenvalue weighted by molar-refractivity contribution is 5.85. The second-order valence-electron chi connectivity index (χ2n) is 8.31. The number of rotatable bonds is 3. The van der Waals surface area contributed by atoms with Gasteiger partial charge >= 0.3 is 6.18 Å². The van der Waals surface area contributed by atoms with Crippen LogP contribution in [0.5, 0.6) is 0 Å². The summed E-state index contributed by atoms with van der Waals surface area (Å²) < 4.78 is 46.9. The van der Waals surface area contributed by atoms with E-state index in [1.54, 1.807) is 15.8 Å². The number of fused-ring (bicyclic) bond motifs is 1. The molecule has 170 valence electrons. The van der Waals surface area contributed by atoms with Crippen LogP contribution in [0.2, 0.25) is 0 Å². The summed E-state index contributed by atoms with van der Waals surface area (Å²) in [6.45, 7) is 4.88. The fourth-order valence-corrected chi connectivity index (χ4v) is 3.95. The second kappa shape index (κ2) is 7.54. The third-order valence-electron chi connectivity index (χ3n) is 6.00. The van der Waals surface area contributed by atoms with Gasteiger partial charge < -0.3 is 14.5 Å². The van der Waals surface area contributed by atoms with Gasteiger partial charge in [-0.15, -0.1) is 0 Å². The molecule has 5 heterocycles. The number of nitrogens with zero attached hydrogens (tertiary/aromatic N) is 8. The van der Waals surface area contributed by atoms with Crippen molar-refractivity contribution in [3.8, 4) is 0 Å². The molecule has 0 spiro atoms. The van der Waals surface area contributed by atoms with E-state index >= 15 is 0 Å². The molecule has 1 unspecified atom stereocenters. The van der Waals surface area contributed by atoms with Gasteiger partial charge in [0.2, 0.25) is 5.95 Å². The minimum Gasteiger partial charge on any atom is -0.370 e. The zero-order valence-corrected chi connectivity index (χ0v) is 18.0. The molecule has 3 aromatic heterocycles. The molecular weight excluding hydrogens is 425 g/mol. The summed E-state index contributed by atoms with van der Waals surface area (Å²) in [7, 11) is 1.84. The van der Waals surface area contributed by atoms with Gasteiger partial charge in [-0.05, 0) is 13.8 Å². The van der Waals surface area contributed by atoms with Crippen LogP contribution in [-0.4, -0.2) is 68.7 Å². The van der Waals surface area contributed by atoms with Gasteiger partial charge in [-0.1, -0.05) is 0 Å². The fourth-order valence-electron chi connectivity index (χ4n) is 3.95. The first-order valence-electron chi connectivity index (χ1n) is 10.4. The van der Waals surface area contributed by atoms with E-state index < -0.39 is 12.1 Å². The Morgan fingerprint density at radius 3 is 2.44 bits per heavy atom. The van der Waals surface area contributed by atoms with Gasteiger partial charge in [0.15, 0.2) is 17.0 Å². The Labute approximate surface area is 182 Å². The number of aryl methyl sites for hydroxylation is 3. The van der Waals surface area contributed by atoms with Crippen molar-refractivity contribution in [1.82, 2.24) is 29.7 Å². The maximum atomic E-state index is 13.1. The monoisotopic (exact) mass is 448 g/mol. The molecule has 2 aliphatic rings. The summed E-state index contributed by atoms with van der Waals surface area (Å²) in [6, 6.07) is 0. The van der Waals surface area contributed by atoms with Crippen molar-refractivity contribution in [2.45, 2.75) is 26.1 Å². The maximum absolute atomic E-state index is 13.1. The molecule has 2 saturated heterocycles. The molecule has 3 aromatic rings. The van der Waals surface area contributed by atoms with Crippen molar-refractivity contribution in [2.24, 2.45) is 13.0 Å². The molecule has 0 amide bonds. The number of hydrogen-bond donors (Lipinski definition) is 0. The Hall–Kier alpha value is -3.02. The van der Waals surface area contributed by atoms with Crippen molar-refractivity contribution in [1.29, 1.82) is 0 Å². The zero-order chi connectivity index (χ0) is 22.6. The quantitative estimate of drug-likeness (QED) is 0.604. The van der Waals surface area contributed by atoms with Crippen LogP contribution >= 0.6 is 0 Å². The lowest BCUT2D eigenvalue weighted by molar-refractivity contribution is -0.180. The van der Waals surface area contributed by atoms with Crippen LogP contribution in [0.15, 0.2) is 12.4 Å². The highest BCUT2D eigenvalue weighted by atomic mass is 19.4. The van der Waals surface area contributed by atoms with Gasteiger partial charge in [-0.3, -0.25) is 4.68 Å². The molecule has 0 aliphatic carbocycles. The first-order chi connectivity index (χ1) is 15.2. The molecule has 0 saturated carbocycles. The number of hydrogen-bond acceptors (Lipinski definition) is 8. The fraction of sp³-hybridized carbons (Fsp3) is 0.550. The van der Waals surface area contributed by atoms with Gasteiger partial charge in [-0.2, -0.15) is 28.2 Å². The summed E-state index contributed by atoms with van der Waals surface area (Å²) in [5.74, 6) is -0.558. The lowest BCUT2D eigenvalue weighted by atomic mass is 9.99. The van der Waals surface area contributed by atoms with E-state index in [2.05, 4.69) is 25.0 Å². The predicted octanol–water partition coefficient (Wildman–Crippen LogP) is 2.35. The average Bonchev–Trinajstić information content (AvgIpc) is 3.13. The predicted molar refractivity (Wildman–Crippen MR) is 110 cm³/mol. The van der Waals surface area contributed by atoms with Crippen LogP contribution < -0.4 is 9.80 Å². The number of halogens is 3. The first kappa shape index (κ1) is 20.9. The normalized spacial score (nSPS) is 20.1. The number of alkyl halides is 3. The van der Waals surface area contributed by atoms with Gasteiger partial charge in [0.25, 0.3) is 0 Å². The summed E-state index contributed by atoms with van der Waals surface area (Å²) in [5.41, 5.74) is 3.17. The highest BCUT2D eigenvalue weighted by Crippen LogP contribution is 2.38. The Kier molecular flexibility index (Phi) is 4.91. The Morgan fingerprint density at radius 1 is 1.00 bits per heavy atom. The van der Waals surface area contributed by atoms with E-state index in [1.165, 1.54) is 0 Å². The topological polar surface area (TPSA) is 85.1 Å². The molecule has 12 heteroatoms. The Bertz CT molecular complexity index is 1160. The van der Waals surface area contributed by atoms with E-state index in [0.29, 0.717) is 48.3 Å². The van der Waals surface area contributed by atoms with Crippen molar-refractivity contribution in [3.63, 3.8) is 0 Å². The molecule has 9 nitrogen and oxygen atoms in total. The van der Waals surface area contributed by atoms with Crippen LogP contribution in [0, 0.1) is 19.8 Å². The smallest absolute Gasteiger partial charge is 0.370 e. The van der Waals surface area contributed by atoms with Gasteiger partial charge in [0, 0.05) is 38.4 Å². The molecule has 0 N–H and O–H groups in total. The molecule has 0 aromatic carbocycles.